The van der Waals surface area contributed by atoms with Crippen LogP contribution in [0.2, 0.25) is 5.02 Å². The van der Waals surface area contributed by atoms with Crippen molar-refractivity contribution in [2.24, 2.45) is 0 Å². The number of methoxy groups -OCH3 is 1. The molecular weight excluding hydrogens is 394 g/mol. The van der Waals surface area contributed by atoms with E-state index in [0.717, 1.165) is 6.42 Å². The van der Waals surface area contributed by atoms with Gasteiger partial charge in [-0.1, -0.05) is 18.5 Å². The van der Waals surface area contributed by atoms with Crippen LogP contribution in [0.1, 0.15) is 20.3 Å². The van der Waals surface area contributed by atoms with Gasteiger partial charge in [-0.05, 0) is 55.8 Å². The molecule has 152 valence electrons. The smallest absolute Gasteiger partial charge is 0.258 e. The number of nitrogens with one attached hydrogen (secondary N) is 1. The van der Waals surface area contributed by atoms with Crippen LogP contribution in [-0.2, 0) is 4.79 Å². The Morgan fingerprint density at radius 1 is 1.21 bits per heavy atom. The van der Waals surface area contributed by atoms with E-state index in [0.29, 0.717) is 21.9 Å². The van der Waals surface area contributed by atoms with E-state index in [1.807, 2.05) is 13.8 Å². The first-order chi connectivity index (χ1) is 13.9. The molecule has 6 nitrogen and oxygen atoms in total. The van der Waals surface area contributed by atoms with Gasteiger partial charge in [0.25, 0.3) is 5.91 Å². The summed E-state index contributed by atoms with van der Waals surface area (Å²) in [7, 11) is 1.57. The number of fused-ring (bicyclic) bond motifs is 1. The van der Waals surface area contributed by atoms with Crippen LogP contribution in [0.4, 0.5) is 0 Å². The van der Waals surface area contributed by atoms with Crippen LogP contribution < -0.4 is 20.2 Å². The van der Waals surface area contributed by atoms with Crippen LogP contribution in [0.5, 0.6) is 11.5 Å². The predicted octanol–water partition coefficient (Wildman–Crippen LogP) is 4.42. The Morgan fingerprint density at radius 2 is 1.93 bits per heavy atom. The first-order valence-electron chi connectivity index (χ1n) is 9.25. The standard InChI is InChI=1S/C22H22ClNO5/c1-4-13(2)24-19(25)12-28-22-20(26)17-11-15(23)7-10-18(17)29-21(22)14-5-8-16(27-3)9-6-14/h5-11,13H,4,12H2,1-3H3,(H,24,25). The zero-order valence-electron chi connectivity index (χ0n) is 16.5. The van der Waals surface area contributed by atoms with Crippen LogP contribution >= 0.6 is 11.6 Å². The van der Waals surface area contributed by atoms with Crippen molar-refractivity contribution >= 4 is 28.5 Å². The number of carbonyl (C=O) groups is 1. The highest BCUT2D eigenvalue weighted by Crippen LogP contribution is 2.32. The molecule has 3 aromatic rings. The maximum atomic E-state index is 13.1. The van der Waals surface area contributed by atoms with Gasteiger partial charge in [-0.3, -0.25) is 9.59 Å². The van der Waals surface area contributed by atoms with Crippen molar-refractivity contribution in [2.45, 2.75) is 26.3 Å². The van der Waals surface area contributed by atoms with Crippen molar-refractivity contribution in [3.63, 3.8) is 0 Å². The van der Waals surface area contributed by atoms with E-state index in [1.54, 1.807) is 43.5 Å². The number of halogens is 1. The van der Waals surface area contributed by atoms with Crippen LogP contribution in [0.15, 0.2) is 51.7 Å². The summed E-state index contributed by atoms with van der Waals surface area (Å²) in [5, 5.41) is 3.50. The average molecular weight is 416 g/mol. The van der Waals surface area contributed by atoms with Crippen molar-refractivity contribution in [1.82, 2.24) is 5.32 Å². The number of amides is 1. The van der Waals surface area contributed by atoms with Crippen molar-refractivity contribution in [1.29, 1.82) is 0 Å². The molecule has 29 heavy (non-hydrogen) atoms. The van der Waals surface area contributed by atoms with Crippen LogP contribution in [0.3, 0.4) is 0 Å². The van der Waals surface area contributed by atoms with E-state index in [2.05, 4.69) is 5.32 Å². The molecule has 0 saturated heterocycles. The zero-order chi connectivity index (χ0) is 21.0. The van der Waals surface area contributed by atoms with Gasteiger partial charge in [0.15, 0.2) is 12.4 Å². The summed E-state index contributed by atoms with van der Waals surface area (Å²) < 4.78 is 16.8. The highest BCUT2D eigenvalue weighted by atomic mass is 35.5. The molecule has 1 atom stereocenters. The van der Waals surface area contributed by atoms with Gasteiger partial charge in [0.2, 0.25) is 11.2 Å². The minimum absolute atomic E-state index is 0.0129. The van der Waals surface area contributed by atoms with Crippen molar-refractivity contribution in [2.75, 3.05) is 13.7 Å². The fourth-order valence-corrected chi connectivity index (χ4v) is 2.94. The molecule has 1 amide bonds. The number of hydrogen-bond donors (Lipinski definition) is 1. The van der Waals surface area contributed by atoms with E-state index in [-0.39, 0.29) is 35.5 Å². The van der Waals surface area contributed by atoms with Crippen LogP contribution in [-0.4, -0.2) is 25.7 Å². The van der Waals surface area contributed by atoms with Gasteiger partial charge in [0.05, 0.1) is 12.5 Å². The number of benzene rings is 2. The van der Waals surface area contributed by atoms with Gasteiger partial charge in [-0.2, -0.15) is 0 Å². The Bertz CT molecular complexity index is 1070. The lowest BCUT2D eigenvalue weighted by Crippen LogP contribution is -2.36. The molecule has 0 aliphatic rings. The second kappa shape index (κ2) is 9.01. The molecule has 1 N–H and O–H groups in total. The summed E-state index contributed by atoms with van der Waals surface area (Å²) in [6, 6.07) is 11.8. The Labute approximate surface area is 173 Å². The molecule has 0 spiro atoms. The van der Waals surface area contributed by atoms with Crippen LogP contribution in [0.25, 0.3) is 22.3 Å². The number of hydrogen-bond acceptors (Lipinski definition) is 5. The molecule has 3 rings (SSSR count). The summed E-state index contributed by atoms with van der Waals surface area (Å²) in [6.45, 7) is 3.56. The highest BCUT2D eigenvalue weighted by Gasteiger charge is 2.19. The summed E-state index contributed by atoms with van der Waals surface area (Å²) in [5.41, 5.74) is 0.606. The normalized spacial score (nSPS) is 11.9. The SMILES string of the molecule is CCC(C)NC(=O)COc1c(-c2ccc(OC)cc2)oc2ccc(Cl)cc2c1=O. The molecule has 2 aromatic carbocycles. The molecule has 7 heteroatoms. The van der Waals surface area contributed by atoms with Gasteiger partial charge < -0.3 is 19.2 Å². The van der Waals surface area contributed by atoms with E-state index in [9.17, 15) is 9.59 Å². The fraction of sp³-hybridized carbons (Fsp3) is 0.273. The molecule has 0 radical (unpaired) electrons. The zero-order valence-corrected chi connectivity index (χ0v) is 17.2. The Hall–Kier alpha value is -2.99. The Kier molecular flexibility index (Phi) is 6.44. The molecule has 0 aliphatic heterocycles. The minimum atomic E-state index is -0.393. The van der Waals surface area contributed by atoms with E-state index < -0.39 is 5.43 Å². The monoisotopic (exact) mass is 415 g/mol. The maximum Gasteiger partial charge on any atom is 0.258 e. The Morgan fingerprint density at radius 3 is 2.59 bits per heavy atom. The van der Waals surface area contributed by atoms with E-state index in [1.165, 1.54) is 6.07 Å². The van der Waals surface area contributed by atoms with E-state index >= 15 is 0 Å². The quantitative estimate of drug-likeness (QED) is 0.618. The molecule has 1 unspecified atom stereocenters. The minimum Gasteiger partial charge on any atom is -0.497 e. The third-order valence-corrected chi connectivity index (χ3v) is 4.77. The Balaban J connectivity index is 2.05. The lowest BCUT2D eigenvalue weighted by Gasteiger charge is -2.14. The second-order valence-corrected chi connectivity index (χ2v) is 7.06. The lowest BCUT2D eigenvalue weighted by molar-refractivity contribution is -0.123. The van der Waals surface area contributed by atoms with E-state index in [4.69, 9.17) is 25.5 Å². The summed E-state index contributed by atoms with van der Waals surface area (Å²) in [6.07, 6.45) is 0.791. The first-order valence-corrected chi connectivity index (χ1v) is 9.63. The summed E-state index contributed by atoms with van der Waals surface area (Å²) in [5.74, 6) is 0.553. The third kappa shape index (κ3) is 4.71. The highest BCUT2D eigenvalue weighted by molar-refractivity contribution is 6.31. The molecule has 0 fully saturated rings. The number of rotatable bonds is 7. The van der Waals surface area contributed by atoms with Gasteiger partial charge in [0, 0.05) is 16.6 Å². The predicted molar refractivity (Wildman–Crippen MR) is 113 cm³/mol. The largest absolute Gasteiger partial charge is 0.497 e. The molecule has 1 aromatic heterocycles. The van der Waals surface area contributed by atoms with Gasteiger partial charge in [-0.25, -0.2) is 0 Å². The molecule has 1 heterocycles. The molecule has 0 saturated carbocycles. The number of carbonyl (C=O) groups excluding carboxylic acids is 1. The maximum absolute atomic E-state index is 13.1. The topological polar surface area (TPSA) is 77.8 Å². The molecule has 0 aliphatic carbocycles. The van der Waals surface area contributed by atoms with Crippen LogP contribution in [0, 0.1) is 0 Å². The van der Waals surface area contributed by atoms with Crippen molar-refractivity contribution in [3.05, 3.63) is 57.7 Å². The van der Waals surface area contributed by atoms with Gasteiger partial charge in [-0.15, -0.1) is 0 Å². The number of ether oxygens (including phenoxy) is 2. The molecular formula is C22H22ClNO5. The van der Waals surface area contributed by atoms with Gasteiger partial charge in [0.1, 0.15) is 11.3 Å². The first kappa shape index (κ1) is 20.7. The summed E-state index contributed by atoms with van der Waals surface area (Å²) in [4.78, 5) is 25.2. The molecule has 0 bridgehead atoms. The second-order valence-electron chi connectivity index (χ2n) is 6.62. The third-order valence-electron chi connectivity index (χ3n) is 4.53. The van der Waals surface area contributed by atoms with Gasteiger partial charge >= 0.3 is 0 Å². The van der Waals surface area contributed by atoms with Crippen molar-refractivity contribution in [3.8, 4) is 22.8 Å². The average Bonchev–Trinajstić information content (AvgIpc) is 2.73. The van der Waals surface area contributed by atoms with Crippen molar-refractivity contribution < 1.29 is 18.7 Å². The lowest BCUT2D eigenvalue weighted by atomic mass is 10.1. The fourth-order valence-electron chi connectivity index (χ4n) is 2.77. The summed E-state index contributed by atoms with van der Waals surface area (Å²) >= 11 is 6.03.